The van der Waals surface area contributed by atoms with Gasteiger partial charge in [0, 0.05) is 23.0 Å². The van der Waals surface area contributed by atoms with Gasteiger partial charge in [-0.25, -0.2) is 4.79 Å². The van der Waals surface area contributed by atoms with Crippen LogP contribution in [-0.4, -0.2) is 59.7 Å². The van der Waals surface area contributed by atoms with Crippen molar-refractivity contribution in [2.45, 2.75) is 90.0 Å². The highest BCUT2D eigenvalue weighted by molar-refractivity contribution is 6.30. The SMILES string of the molecule is CC(C)(C)OC(=O)CC[C@H](NC(=O)[C@H](CC(=O)OC(C)(C)C)NC(=O)OCC1c2ccccc2-c2ccccc21)C(=O)Nc1ccc(Cl)cc1. The van der Waals surface area contributed by atoms with Gasteiger partial charge in [-0.1, -0.05) is 60.1 Å². The van der Waals surface area contributed by atoms with Crippen LogP contribution < -0.4 is 16.0 Å². The number of hydrogen-bond acceptors (Lipinski definition) is 8. The third kappa shape index (κ3) is 11.1. The maximum Gasteiger partial charge on any atom is 0.407 e. The first-order valence-electron chi connectivity index (χ1n) is 16.4. The van der Waals surface area contributed by atoms with Crippen LogP contribution in [0.4, 0.5) is 10.5 Å². The van der Waals surface area contributed by atoms with Crippen LogP contribution in [0.3, 0.4) is 0 Å². The van der Waals surface area contributed by atoms with Gasteiger partial charge < -0.3 is 30.2 Å². The summed E-state index contributed by atoms with van der Waals surface area (Å²) in [6, 6.07) is 19.3. The number of halogens is 1. The number of esters is 2. The molecule has 1 aliphatic rings. The van der Waals surface area contributed by atoms with Gasteiger partial charge >= 0.3 is 18.0 Å². The maximum atomic E-state index is 13.8. The second-order valence-electron chi connectivity index (χ2n) is 14.0. The molecule has 4 rings (SSSR count). The molecule has 0 spiro atoms. The molecule has 0 radical (unpaired) electrons. The Balaban J connectivity index is 1.50. The van der Waals surface area contributed by atoms with Crippen molar-refractivity contribution in [1.29, 1.82) is 0 Å². The van der Waals surface area contributed by atoms with E-state index in [0.29, 0.717) is 10.7 Å². The van der Waals surface area contributed by atoms with E-state index >= 15 is 0 Å². The van der Waals surface area contributed by atoms with Gasteiger partial charge in [0.15, 0.2) is 0 Å². The van der Waals surface area contributed by atoms with E-state index in [4.69, 9.17) is 25.8 Å². The largest absolute Gasteiger partial charge is 0.460 e. The molecule has 266 valence electrons. The number of benzene rings is 3. The van der Waals surface area contributed by atoms with Crippen molar-refractivity contribution in [2.75, 3.05) is 11.9 Å². The molecule has 1 aliphatic carbocycles. The molecule has 0 bridgehead atoms. The average Bonchev–Trinajstić information content (AvgIpc) is 3.34. The van der Waals surface area contributed by atoms with Crippen LogP contribution in [-0.2, 0) is 33.4 Å². The highest BCUT2D eigenvalue weighted by atomic mass is 35.5. The molecule has 3 aromatic carbocycles. The molecule has 0 heterocycles. The van der Waals surface area contributed by atoms with Gasteiger partial charge in [0.05, 0.1) is 6.42 Å². The number of nitrogens with one attached hydrogen (secondary N) is 3. The molecule has 3 aromatic rings. The molecule has 12 heteroatoms. The maximum absolute atomic E-state index is 13.8. The number of fused-ring (bicyclic) bond motifs is 3. The average molecular weight is 706 g/mol. The number of carbonyl (C=O) groups is 5. The summed E-state index contributed by atoms with van der Waals surface area (Å²) in [5.74, 6) is -3.06. The summed E-state index contributed by atoms with van der Waals surface area (Å²) in [6.07, 6.45) is -1.83. The molecule has 3 N–H and O–H groups in total. The third-order valence-electron chi connectivity index (χ3n) is 7.54. The Labute approximate surface area is 297 Å². The smallest absolute Gasteiger partial charge is 0.407 e. The summed E-state index contributed by atoms with van der Waals surface area (Å²) in [5, 5.41) is 8.25. The van der Waals surface area contributed by atoms with Crippen molar-refractivity contribution < 1.29 is 38.2 Å². The first-order chi connectivity index (χ1) is 23.5. The van der Waals surface area contributed by atoms with Gasteiger partial charge in [0.2, 0.25) is 11.8 Å². The zero-order valence-electron chi connectivity index (χ0n) is 29.1. The summed E-state index contributed by atoms with van der Waals surface area (Å²) in [7, 11) is 0. The van der Waals surface area contributed by atoms with Crippen LogP contribution in [0.25, 0.3) is 11.1 Å². The van der Waals surface area contributed by atoms with E-state index in [1.807, 2.05) is 48.5 Å². The monoisotopic (exact) mass is 705 g/mol. The lowest BCUT2D eigenvalue weighted by Crippen LogP contribution is -2.53. The fraction of sp³-hybridized carbons (Fsp3) is 0.395. The van der Waals surface area contributed by atoms with Crippen LogP contribution in [0.5, 0.6) is 0 Å². The zero-order valence-corrected chi connectivity index (χ0v) is 29.9. The molecule has 0 aromatic heterocycles. The van der Waals surface area contributed by atoms with Crippen molar-refractivity contribution >= 4 is 47.1 Å². The van der Waals surface area contributed by atoms with Gasteiger partial charge in [-0.3, -0.25) is 19.2 Å². The van der Waals surface area contributed by atoms with Crippen LogP contribution in [0.1, 0.15) is 77.8 Å². The van der Waals surface area contributed by atoms with Crippen molar-refractivity contribution in [3.8, 4) is 11.1 Å². The number of ether oxygens (including phenoxy) is 3. The third-order valence-corrected chi connectivity index (χ3v) is 7.80. The lowest BCUT2D eigenvalue weighted by molar-refractivity contribution is -0.156. The Bertz CT molecular complexity index is 1670. The lowest BCUT2D eigenvalue weighted by Gasteiger charge is -2.25. The molecule has 50 heavy (non-hydrogen) atoms. The van der Waals surface area contributed by atoms with Gasteiger partial charge in [-0.2, -0.15) is 0 Å². The van der Waals surface area contributed by atoms with Crippen LogP contribution >= 0.6 is 11.6 Å². The fourth-order valence-electron chi connectivity index (χ4n) is 5.50. The van der Waals surface area contributed by atoms with Crippen LogP contribution in [0, 0.1) is 0 Å². The molecular formula is C38H44ClN3O8. The van der Waals surface area contributed by atoms with E-state index in [2.05, 4.69) is 16.0 Å². The van der Waals surface area contributed by atoms with E-state index in [1.54, 1.807) is 65.8 Å². The highest BCUT2D eigenvalue weighted by Crippen LogP contribution is 2.44. The Morgan fingerprint density at radius 1 is 0.700 bits per heavy atom. The molecule has 0 saturated carbocycles. The summed E-state index contributed by atoms with van der Waals surface area (Å²) >= 11 is 5.98. The van der Waals surface area contributed by atoms with Crippen LogP contribution in [0.15, 0.2) is 72.8 Å². The topological polar surface area (TPSA) is 149 Å². The van der Waals surface area contributed by atoms with Gasteiger partial charge in [-0.15, -0.1) is 0 Å². The quantitative estimate of drug-likeness (QED) is 0.142. The lowest BCUT2D eigenvalue weighted by atomic mass is 9.98. The summed E-state index contributed by atoms with van der Waals surface area (Å²) in [6.45, 7) is 10.1. The summed E-state index contributed by atoms with van der Waals surface area (Å²) < 4.78 is 16.4. The molecule has 3 amide bonds. The van der Waals surface area contributed by atoms with Crippen molar-refractivity contribution in [1.82, 2.24) is 10.6 Å². The Kier molecular flexibility index (Phi) is 12.3. The predicted molar refractivity (Wildman–Crippen MR) is 190 cm³/mol. The highest BCUT2D eigenvalue weighted by Gasteiger charge is 2.33. The van der Waals surface area contributed by atoms with Gasteiger partial charge in [0.25, 0.3) is 0 Å². The second kappa shape index (κ2) is 16.2. The van der Waals surface area contributed by atoms with Crippen molar-refractivity contribution in [3.05, 3.63) is 88.9 Å². The molecule has 2 atom stereocenters. The zero-order chi connectivity index (χ0) is 36.6. The number of carbonyl (C=O) groups excluding carboxylic acids is 5. The van der Waals surface area contributed by atoms with E-state index in [9.17, 15) is 24.0 Å². The van der Waals surface area contributed by atoms with Crippen molar-refractivity contribution in [2.24, 2.45) is 0 Å². The minimum atomic E-state index is -1.48. The minimum absolute atomic E-state index is 0.0252. The number of alkyl carbamates (subject to hydrolysis) is 1. The molecule has 0 aliphatic heterocycles. The number of hydrogen-bond donors (Lipinski definition) is 3. The first kappa shape index (κ1) is 37.9. The molecule has 0 saturated heterocycles. The summed E-state index contributed by atoms with van der Waals surface area (Å²) in [5.41, 5.74) is 2.89. The Morgan fingerprint density at radius 2 is 1.24 bits per heavy atom. The van der Waals surface area contributed by atoms with E-state index < -0.39 is 59.6 Å². The number of anilines is 1. The minimum Gasteiger partial charge on any atom is -0.460 e. The standard InChI is InChI=1S/C38H44ClN3O8/c1-37(2,3)49-32(43)20-19-30(34(45)40-24-17-15-23(39)16-18-24)41-35(46)31(21-33(44)50-38(4,5)6)42-36(47)48-22-29-27-13-9-7-11-25(27)26-12-8-10-14-28(26)29/h7-18,29-31H,19-22H2,1-6H3,(H,40,45)(H,41,46)(H,42,47)/t30-,31-/m0/s1. The molecular weight excluding hydrogens is 662 g/mol. The number of rotatable bonds is 12. The van der Waals surface area contributed by atoms with Gasteiger partial charge in [0.1, 0.15) is 29.9 Å². The number of amides is 3. The summed E-state index contributed by atoms with van der Waals surface area (Å²) in [4.78, 5) is 65.8. The fourth-order valence-corrected chi connectivity index (χ4v) is 5.63. The van der Waals surface area contributed by atoms with Crippen LogP contribution in [0.2, 0.25) is 5.02 Å². The van der Waals surface area contributed by atoms with Gasteiger partial charge in [-0.05, 0) is 94.5 Å². The molecule has 11 nitrogen and oxygen atoms in total. The van der Waals surface area contributed by atoms with Crippen molar-refractivity contribution in [3.63, 3.8) is 0 Å². The van der Waals surface area contributed by atoms with E-state index in [-0.39, 0.29) is 25.4 Å². The Morgan fingerprint density at radius 3 is 1.80 bits per heavy atom. The van der Waals surface area contributed by atoms with E-state index in [1.165, 1.54) is 0 Å². The van der Waals surface area contributed by atoms with E-state index in [0.717, 1.165) is 22.3 Å². The molecule has 0 fully saturated rings. The second-order valence-corrected chi connectivity index (χ2v) is 14.4. The molecule has 0 unspecified atom stereocenters. The Hall–Kier alpha value is -4.90. The first-order valence-corrected chi connectivity index (χ1v) is 16.8. The normalized spacial score (nSPS) is 13.6. The predicted octanol–water partition coefficient (Wildman–Crippen LogP) is 6.52.